The lowest BCUT2D eigenvalue weighted by atomic mass is 10.1. The summed E-state index contributed by atoms with van der Waals surface area (Å²) < 4.78 is 17.0. The number of anilines is 1. The van der Waals surface area contributed by atoms with Gasteiger partial charge in [-0.15, -0.1) is 10.2 Å². The molecule has 4 aromatic rings. The number of para-hydroxylation sites is 2. The maximum absolute atomic E-state index is 6.02. The minimum absolute atomic E-state index is 0.435. The number of ether oxygens (including phenoxy) is 1. The van der Waals surface area contributed by atoms with Gasteiger partial charge in [0.2, 0.25) is 5.89 Å². The molecule has 32 heavy (non-hydrogen) atoms. The zero-order valence-corrected chi connectivity index (χ0v) is 18.2. The third kappa shape index (κ3) is 3.97. The molecule has 1 aliphatic rings. The number of hydrogen-bond acceptors (Lipinski definition) is 8. The van der Waals surface area contributed by atoms with Gasteiger partial charge in [0.1, 0.15) is 22.8 Å². The Balaban J connectivity index is 1.27. The second-order valence-electron chi connectivity index (χ2n) is 7.76. The van der Waals surface area contributed by atoms with Crippen molar-refractivity contribution in [1.82, 2.24) is 20.3 Å². The Bertz CT molecular complexity index is 1180. The van der Waals surface area contributed by atoms with Crippen LogP contribution < -0.4 is 9.64 Å². The molecular formula is C24H25N5O3. The van der Waals surface area contributed by atoms with Crippen LogP contribution in [0.4, 0.5) is 5.69 Å². The topological polar surface area (TPSA) is 80.7 Å². The molecule has 0 unspecified atom stereocenters. The molecular weight excluding hydrogens is 406 g/mol. The number of methoxy groups -OCH3 is 1. The van der Waals surface area contributed by atoms with E-state index in [-0.39, 0.29) is 0 Å². The zero-order chi connectivity index (χ0) is 21.9. The SMILES string of the molecule is COc1ccccc1N1CCN(Cc2nnc(-c3c(-c4ccccc4)noc3C)o2)CC1. The van der Waals surface area contributed by atoms with Crippen molar-refractivity contribution in [3.05, 3.63) is 66.2 Å². The molecule has 5 rings (SSSR count). The first kappa shape index (κ1) is 20.3. The predicted octanol–water partition coefficient (Wildman–Crippen LogP) is 4.03. The van der Waals surface area contributed by atoms with Gasteiger partial charge in [0.25, 0.3) is 5.89 Å². The van der Waals surface area contributed by atoms with Crippen molar-refractivity contribution in [1.29, 1.82) is 0 Å². The summed E-state index contributed by atoms with van der Waals surface area (Å²) in [5, 5.41) is 12.8. The summed E-state index contributed by atoms with van der Waals surface area (Å²) in [6.07, 6.45) is 0. The molecule has 0 spiro atoms. The Morgan fingerprint density at radius 1 is 0.938 bits per heavy atom. The zero-order valence-electron chi connectivity index (χ0n) is 18.2. The fourth-order valence-electron chi connectivity index (χ4n) is 4.06. The van der Waals surface area contributed by atoms with Gasteiger partial charge >= 0.3 is 0 Å². The highest BCUT2D eigenvalue weighted by molar-refractivity contribution is 5.77. The Morgan fingerprint density at radius 3 is 2.47 bits per heavy atom. The van der Waals surface area contributed by atoms with Crippen molar-refractivity contribution in [2.75, 3.05) is 38.2 Å². The molecule has 0 aliphatic carbocycles. The lowest BCUT2D eigenvalue weighted by molar-refractivity contribution is 0.226. The first-order chi connectivity index (χ1) is 15.7. The van der Waals surface area contributed by atoms with E-state index in [0.29, 0.717) is 29.8 Å². The van der Waals surface area contributed by atoms with E-state index in [1.165, 1.54) is 0 Å². The molecule has 0 atom stereocenters. The minimum atomic E-state index is 0.435. The summed E-state index contributed by atoms with van der Waals surface area (Å²) in [6, 6.07) is 18.0. The molecule has 8 nitrogen and oxygen atoms in total. The summed E-state index contributed by atoms with van der Waals surface area (Å²) in [6.45, 7) is 6.08. The Kier molecular flexibility index (Phi) is 5.60. The molecule has 8 heteroatoms. The van der Waals surface area contributed by atoms with E-state index < -0.39 is 0 Å². The van der Waals surface area contributed by atoms with Crippen LogP contribution in [0.3, 0.4) is 0 Å². The van der Waals surface area contributed by atoms with Gasteiger partial charge in [0.15, 0.2) is 0 Å². The van der Waals surface area contributed by atoms with Crippen molar-refractivity contribution in [2.24, 2.45) is 0 Å². The Morgan fingerprint density at radius 2 is 1.69 bits per heavy atom. The molecule has 2 aromatic carbocycles. The Hall–Kier alpha value is -3.65. The van der Waals surface area contributed by atoms with Crippen LogP contribution in [0.1, 0.15) is 11.7 Å². The molecule has 0 saturated carbocycles. The van der Waals surface area contributed by atoms with Crippen molar-refractivity contribution < 1.29 is 13.7 Å². The van der Waals surface area contributed by atoms with Crippen LogP contribution in [0.5, 0.6) is 5.75 Å². The standard InChI is InChI=1S/C24H25N5O3/c1-17-22(23(27-32-17)18-8-4-3-5-9-18)24-26-25-21(31-24)16-28-12-14-29(15-13-28)19-10-6-7-11-20(19)30-2/h3-11H,12-16H2,1-2H3. The van der Waals surface area contributed by atoms with E-state index >= 15 is 0 Å². The summed E-state index contributed by atoms with van der Waals surface area (Å²) in [4.78, 5) is 4.67. The lowest BCUT2D eigenvalue weighted by Gasteiger charge is -2.35. The van der Waals surface area contributed by atoms with Crippen LogP contribution in [0.2, 0.25) is 0 Å². The van der Waals surface area contributed by atoms with E-state index in [1.54, 1.807) is 7.11 Å². The number of rotatable bonds is 6. The number of hydrogen-bond donors (Lipinski definition) is 0. The number of aryl methyl sites for hydroxylation is 1. The number of benzene rings is 2. The number of piperazine rings is 1. The van der Waals surface area contributed by atoms with Crippen molar-refractivity contribution in [3.63, 3.8) is 0 Å². The van der Waals surface area contributed by atoms with Crippen LogP contribution in [0, 0.1) is 6.92 Å². The lowest BCUT2D eigenvalue weighted by Crippen LogP contribution is -2.46. The highest BCUT2D eigenvalue weighted by Gasteiger charge is 2.24. The van der Waals surface area contributed by atoms with E-state index in [1.807, 2.05) is 55.5 Å². The smallest absolute Gasteiger partial charge is 0.253 e. The third-order valence-corrected chi connectivity index (χ3v) is 5.75. The second-order valence-corrected chi connectivity index (χ2v) is 7.76. The highest BCUT2D eigenvalue weighted by Crippen LogP contribution is 2.33. The second kappa shape index (κ2) is 8.84. The molecule has 1 aliphatic heterocycles. The largest absolute Gasteiger partial charge is 0.495 e. The van der Waals surface area contributed by atoms with Crippen LogP contribution in [0.25, 0.3) is 22.7 Å². The molecule has 0 bridgehead atoms. The fraction of sp³-hybridized carbons (Fsp3) is 0.292. The van der Waals surface area contributed by atoms with Gasteiger partial charge in [-0.3, -0.25) is 4.90 Å². The number of aromatic nitrogens is 3. The molecule has 3 heterocycles. The van der Waals surface area contributed by atoms with Gasteiger partial charge < -0.3 is 18.6 Å². The van der Waals surface area contributed by atoms with E-state index in [2.05, 4.69) is 31.2 Å². The maximum Gasteiger partial charge on any atom is 0.253 e. The van der Waals surface area contributed by atoms with Crippen molar-refractivity contribution >= 4 is 5.69 Å². The summed E-state index contributed by atoms with van der Waals surface area (Å²) in [5.41, 5.74) is 3.54. The summed E-state index contributed by atoms with van der Waals surface area (Å²) in [5.74, 6) is 2.58. The summed E-state index contributed by atoms with van der Waals surface area (Å²) in [7, 11) is 1.71. The Labute approximate surface area is 186 Å². The molecule has 0 amide bonds. The minimum Gasteiger partial charge on any atom is -0.495 e. The van der Waals surface area contributed by atoms with Gasteiger partial charge in [0, 0.05) is 31.7 Å². The first-order valence-corrected chi connectivity index (χ1v) is 10.7. The van der Waals surface area contributed by atoms with Crippen LogP contribution in [-0.4, -0.2) is 53.5 Å². The van der Waals surface area contributed by atoms with Gasteiger partial charge in [-0.2, -0.15) is 0 Å². The molecule has 0 radical (unpaired) electrons. The van der Waals surface area contributed by atoms with Gasteiger partial charge in [-0.05, 0) is 19.1 Å². The monoisotopic (exact) mass is 431 g/mol. The van der Waals surface area contributed by atoms with Crippen molar-refractivity contribution in [3.8, 4) is 28.5 Å². The van der Waals surface area contributed by atoms with E-state index in [4.69, 9.17) is 13.7 Å². The quantitative estimate of drug-likeness (QED) is 0.453. The predicted molar refractivity (Wildman–Crippen MR) is 120 cm³/mol. The van der Waals surface area contributed by atoms with Crippen molar-refractivity contribution in [2.45, 2.75) is 13.5 Å². The third-order valence-electron chi connectivity index (χ3n) is 5.75. The summed E-state index contributed by atoms with van der Waals surface area (Å²) >= 11 is 0. The fourth-order valence-corrected chi connectivity index (χ4v) is 4.06. The number of nitrogens with zero attached hydrogens (tertiary/aromatic N) is 5. The average molecular weight is 431 g/mol. The normalized spacial score (nSPS) is 14.6. The molecule has 164 valence electrons. The molecule has 1 fully saturated rings. The average Bonchev–Trinajstić information content (AvgIpc) is 3.46. The van der Waals surface area contributed by atoms with Gasteiger partial charge in [-0.1, -0.05) is 47.6 Å². The van der Waals surface area contributed by atoms with E-state index in [9.17, 15) is 0 Å². The molecule has 2 aromatic heterocycles. The molecule has 1 saturated heterocycles. The van der Waals surface area contributed by atoms with Gasteiger partial charge in [-0.25, -0.2) is 0 Å². The van der Waals surface area contributed by atoms with Crippen LogP contribution in [0.15, 0.2) is 63.5 Å². The maximum atomic E-state index is 6.02. The van der Waals surface area contributed by atoms with Crippen LogP contribution in [-0.2, 0) is 6.54 Å². The highest BCUT2D eigenvalue weighted by atomic mass is 16.5. The van der Waals surface area contributed by atoms with Gasteiger partial charge in [0.05, 0.1) is 19.3 Å². The first-order valence-electron chi connectivity index (χ1n) is 10.7. The molecule has 0 N–H and O–H groups in total. The van der Waals surface area contributed by atoms with E-state index in [0.717, 1.165) is 48.7 Å². The van der Waals surface area contributed by atoms with Crippen LogP contribution >= 0.6 is 0 Å².